The van der Waals surface area contributed by atoms with Gasteiger partial charge in [0.05, 0.1) is 43.0 Å². The first-order chi connectivity index (χ1) is 17.3. The van der Waals surface area contributed by atoms with Crippen molar-refractivity contribution in [1.82, 2.24) is 10.3 Å². The number of unbranched alkanes of at least 4 members (excludes halogenated alkanes) is 2. The summed E-state index contributed by atoms with van der Waals surface area (Å²) in [7, 11) is 5.59. The van der Waals surface area contributed by atoms with E-state index in [1.165, 1.54) is 0 Å². The van der Waals surface area contributed by atoms with Crippen LogP contribution in [0.15, 0.2) is 23.3 Å². The van der Waals surface area contributed by atoms with Gasteiger partial charge in [-0.15, -0.1) is 0 Å². The zero-order chi connectivity index (χ0) is 28.2. The largest absolute Gasteiger partial charge is 0.323 e. The Kier molecular flexibility index (Phi) is 12.8. The summed E-state index contributed by atoms with van der Waals surface area (Å²) in [5, 5.41) is 29.3. The number of nitro groups is 2. The van der Waals surface area contributed by atoms with E-state index < -0.39 is 33.0 Å². The second kappa shape index (κ2) is 15.0. The van der Waals surface area contributed by atoms with Crippen molar-refractivity contribution in [3.05, 3.63) is 38.4 Å². The molecule has 2 amide bonds. The molecule has 1 aromatic carbocycles. The van der Waals surface area contributed by atoms with Gasteiger partial charge in [-0.05, 0) is 38.9 Å². The van der Waals surface area contributed by atoms with Crippen molar-refractivity contribution in [2.24, 2.45) is 11.0 Å². The van der Waals surface area contributed by atoms with Crippen LogP contribution in [0.2, 0.25) is 0 Å². The number of benzene rings is 1. The molecule has 37 heavy (non-hydrogen) atoms. The molecule has 0 radical (unpaired) electrons. The third-order valence-electron chi connectivity index (χ3n) is 5.54. The molecule has 0 saturated carbocycles. The first-order valence-corrected chi connectivity index (χ1v) is 12.4. The van der Waals surface area contributed by atoms with E-state index in [0.29, 0.717) is 16.7 Å². The Labute approximate surface area is 217 Å². The molecule has 0 fully saturated rings. The van der Waals surface area contributed by atoms with E-state index in [4.69, 9.17) is 0 Å². The summed E-state index contributed by atoms with van der Waals surface area (Å²) in [6.45, 7) is 7.78. The minimum atomic E-state index is -0.826. The van der Waals surface area contributed by atoms with Crippen LogP contribution in [0.1, 0.15) is 46.5 Å². The predicted octanol–water partition coefficient (Wildman–Crippen LogP) is 3.16. The highest BCUT2D eigenvalue weighted by Crippen LogP contribution is 2.29. The normalized spacial score (nSPS) is 12.8. The van der Waals surface area contributed by atoms with Gasteiger partial charge in [-0.25, -0.2) is 5.43 Å². The van der Waals surface area contributed by atoms with Crippen LogP contribution >= 0.6 is 0 Å². The molecule has 206 valence electrons. The Morgan fingerprint density at radius 3 is 2.14 bits per heavy atom. The SMILES string of the molecule is CCCCN(CCCC)CC(C(=O)Nc1ccc([N+](=O)[O-])cc1[N+](=O)[O-])C(C)=NNC(=O)C[N+](C)(C)C. The highest BCUT2D eigenvalue weighted by atomic mass is 16.6. The summed E-state index contributed by atoms with van der Waals surface area (Å²) < 4.78 is 0.399. The van der Waals surface area contributed by atoms with Crippen LogP contribution in [0.25, 0.3) is 0 Å². The Balaban J connectivity index is 3.29. The fourth-order valence-electron chi connectivity index (χ4n) is 3.53. The average Bonchev–Trinajstić information content (AvgIpc) is 2.80. The number of hydrogen-bond acceptors (Lipinski definition) is 8. The average molecular weight is 523 g/mol. The molecule has 13 nitrogen and oxygen atoms in total. The molecule has 1 unspecified atom stereocenters. The Morgan fingerprint density at radius 1 is 1.05 bits per heavy atom. The van der Waals surface area contributed by atoms with Crippen molar-refractivity contribution in [2.45, 2.75) is 46.5 Å². The molecule has 1 atom stereocenters. The van der Waals surface area contributed by atoms with E-state index in [1.54, 1.807) is 6.92 Å². The van der Waals surface area contributed by atoms with E-state index in [-0.39, 0.29) is 18.1 Å². The van der Waals surface area contributed by atoms with Crippen molar-refractivity contribution < 1.29 is 23.9 Å². The van der Waals surface area contributed by atoms with Gasteiger partial charge in [0.15, 0.2) is 6.54 Å². The molecule has 0 saturated heterocycles. The Morgan fingerprint density at radius 2 is 1.65 bits per heavy atom. The number of nitrogens with one attached hydrogen (secondary N) is 2. The zero-order valence-electron chi connectivity index (χ0n) is 22.7. The smallest absolute Gasteiger partial charge is 0.299 e. The van der Waals surface area contributed by atoms with Gasteiger partial charge in [0.2, 0.25) is 5.91 Å². The zero-order valence-corrected chi connectivity index (χ0v) is 22.7. The highest BCUT2D eigenvalue weighted by molar-refractivity contribution is 6.09. The molecule has 0 aliphatic heterocycles. The fourth-order valence-corrected chi connectivity index (χ4v) is 3.53. The number of likely N-dealkylation sites (N-methyl/N-ethyl adjacent to an activating group) is 1. The van der Waals surface area contributed by atoms with Gasteiger partial charge in [0.25, 0.3) is 17.3 Å². The van der Waals surface area contributed by atoms with Crippen LogP contribution < -0.4 is 10.7 Å². The van der Waals surface area contributed by atoms with Crippen molar-refractivity contribution >= 4 is 34.6 Å². The van der Waals surface area contributed by atoms with Gasteiger partial charge in [-0.1, -0.05) is 26.7 Å². The van der Waals surface area contributed by atoms with E-state index in [2.05, 4.69) is 34.6 Å². The van der Waals surface area contributed by atoms with E-state index in [9.17, 15) is 29.8 Å². The fraction of sp³-hybridized carbons (Fsp3) is 0.625. The Bertz CT molecular complexity index is 982. The van der Waals surface area contributed by atoms with Crippen molar-refractivity contribution in [3.63, 3.8) is 0 Å². The predicted molar refractivity (Wildman–Crippen MR) is 142 cm³/mol. The molecule has 13 heteroatoms. The van der Waals surface area contributed by atoms with Crippen LogP contribution in [0.5, 0.6) is 0 Å². The van der Waals surface area contributed by atoms with E-state index in [0.717, 1.165) is 57.0 Å². The summed E-state index contributed by atoms with van der Waals surface area (Å²) >= 11 is 0. The third-order valence-corrected chi connectivity index (χ3v) is 5.54. The van der Waals surface area contributed by atoms with Crippen molar-refractivity contribution in [2.75, 3.05) is 52.6 Å². The standard InChI is InChI=1S/C24H39N7O6/c1-7-9-13-28(14-10-8-2)16-20(18(3)26-27-23(32)17-31(4,5)6)24(33)25-21-12-11-19(29(34)35)15-22(21)30(36)37/h11-12,15,20H,7-10,13-14,16-17H2,1-6H3,(H-,25,27,32,33)/p+1. The minimum absolute atomic E-state index is 0.152. The number of hydrazone groups is 1. The number of hydrogen-bond donors (Lipinski definition) is 2. The lowest BCUT2D eigenvalue weighted by Gasteiger charge is -2.27. The maximum Gasteiger partial charge on any atom is 0.299 e. The summed E-state index contributed by atoms with van der Waals surface area (Å²) in [6.07, 6.45) is 3.82. The molecular weight excluding hydrogens is 482 g/mol. The monoisotopic (exact) mass is 522 g/mol. The molecular formula is C24H40N7O6+. The second-order valence-electron chi connectivity index (χ2n) is 10.0. The lowest BCUT2D eigenvalue weighted by molar-refractivity contribution is -0.862. The van der Waals surface area contributed by atoms with E-state index >= 15 is 0 Å². The number of amides is 2. The number of nitro benzene ring substituents is 2. The third kappa shape index (κ3) is 11.4. The summed E-state index contributed by atoms with van der Waals surface area (Å²) in [5.74, 6) is -1.70. The molecule has 0 aliphatic rings. The van der Waals surface area contributed by atoms with Crippen molar-refractivity contribution in [3.8, 4) is 0 Å². The van der Waals surface area contributed by atoms with Crippen LogP contribution in [0.3, 0.4) is 0 Å². The molecule has 0 spiro atoms. The van der Waals surface area contributed by atoms with Crippen LogP contribution in [-0.2, 0) is 9.59 Å². The number of anilines is 1. The maximum atomic E-state index is 13.4. The van der Waals surface area contributed by atoms with Crippen molar-refractivity contribution in [1.29, 1.82) is 0 Å². The lowest BCUT2D eigenvalue weighted by Crippen LogP contribution is -2.44. The molecule has 1 rings (SSSR count). The minimum Gasteiger partial charge on any atom is -0.323 e. The van der Waals surface area contributed by atoms with Crippen LogP contribution in [0.4, 0.5) is 17.1 Å². The number of nitrogens with zero attached hydrogens (tertiary/aromatic N) is 5. The summed E-state index contributed by atoms with van der Waals surface area (Å²) in [5.41, 5.74) is 1.65. The number of quaternary nitrogens is 1. The number of rotatable bonds is 16. The lowest BCUT2D eigenvalue weighted by atomic mass is 10.0. The molecule has 2 N–H and O–H groups in total. The quantitative estimate of drug-likeness (QED) is 0.146. The van der Waals surface area contributed by atoms with Gasteiger partial charge < -0.3 is 14.7 Å². The molecule has 0 heterocycles. The topological polar surface area (TPSA) is 160 Å². The van der Waals surface area contributed by atoms with Gasteiger partial charge in [0.1, 0.15) is 5.69 Å². The first kappa shape index (κ1) is 31.6. The summed E-state index contributed by atoms with van der Waals surface area (Å²) in [6, 6.07) is 3.05. The first-order valence-electron chi connectivity index (χ1n) is 12.4. The molecule has 1 aromatic rings. The van der Waals surface area contributed by atoms with Crippen LogP contribution in [-0.4, -0.2) is 84.1 Å². The number of carbonyl (C=O) groups excluding carboxylic acids is 2. The van der Waals surface area contributed by atoms with Gasteiger partial charge >= 0.3 is 0 Å². The summed E-state index contributed by atoms with van der Waals surface area (Å²) in [4.78, 5) is 48.9. The molecule has 0 bridgehead atoms. The maximum absolute atomic E-state index is 13.4. The highest BCUT2D eigenvalue weighted by Gasteiger charge is 2.28. The van der Waals surface area contributed by atoms with E-state index in [1.807, 2.05) is 21.1 Å². The van der Waals surface area contributed by atoms with Gasteiger partial charge in [-0.3, -0.25) is 29.8 Å². The number of non-ortho nitro benzene ring substituents is 1. The number of carbonyl (C=O) groups is 2. The molecule has 0 aromatic heterocycles. The van der Waals surface area contributed by atoms with Gasteiger partial charge in [0, 0.05) is 18.3 Å². The molecule has 0 aliphatic carbocycles. The Hall–Kier alpha value is -3.45. The van der Waals surface area contributed by atoms with Crippen LogP contribution in [0, 0.1) is 26.1 Å². The second-order valence-corrected chi connectivity index (χ2v) is 10.0. The van der Waals surface area contributed by atoms with Gasteiger partial charge in [-0.2, -0.15) is 5.10 Å².